The first-order valence-corrected chi connectivity index (χ1v) is 6.53. The van der Waals surface area contributed by atoms with E-state index in [-0.39, 0.29) is 0 Å². The van der Waals surface area contributed by atoms with Crippen LogP contribution in [0.4, 0.5) is 0 Å². The first kappa shape index (κ1) is 11.9. The number of nitrogens with one attached hydrogen (secondary N) is 1. The Morgan fingerprint density at radius 2 is 2.38 bits per heavy atom. The summed E-state index contributed by atoms with van der Waals surface area (Å²) < 4.78 is 0. The first-order valence-electron chi connectivity index (χ1n) is 6.15. The molecule has 2 nitrogen and oxygen atoms in total. The molecule has 88 valence electrons. The zero-order chi connectivity index (χ0) is 11.4. The average molecular weight is 239 g/mol. The first-order chi connectivity index (χ1) is 7.81. The normalized spacial score (nSPS) is 17.4. The molecule has 1 N–H and O–H groups in total. The molecule has 0 bridgehead atoms. The summed E-state index contributed by atoms with van der Waals surface area (Å²) in [7, 11) is 0. The van der Waals surface area contributed by atoms with Gasteiger partial charge >= 0.3 is 0 Å². The highest BCUT2D eigenvalue weighted by molar-refractivity contribution is 6.31. The molecule has 1 aliphatic rings. The maximum Gasteiger partial charge on any atom is 0.0759 e. The fourth-order valence-electron chi connectivity index (χ4n) is 1.95. The van der Waals surface area contributed by atoms with Gasteiger partial charge in [-0.15, -0.1) is 0 Å². The van der Waals surface area contributed by atoms with E-state index in [2.05, 4.69) is 17.2 Å². The fraction of sp³-hybridized carbons (Fsp3) is 0.615. The summed E-state index contributed by atoms with van der Waals surface area (Å²) in [6.07, 6.45) is 6.89. The quantitative estimate of drug-likeness (QED) is 0.820. The van der Waals surface area contributed by atoms with Gasteiger partial charge in [0.1, 0.15) is 0 Å². The second kappa shape index (κ2) is 5.65. The zero-order valence-electron chi connectivity index (χ0n) is 9.75. The van der Waals surface area contributed by atoms with Gasteiger partial charge in [0, 0.05) is 6.20 Å². The smallest absolute Gasteiger partial charge is 0.0759 e. The van der Waals surface area contributed by atoms with Gasteiger partial charge < -0.3 is 5.32 Å². The van der Waals surface area contributed by atoms with Gasteiger partial charge in [0.2, 0.25) is 0 Å². The van der Waals surface area contributed by atoms with Crippen molar-refractivity contribution in [2.75, 3.05) is 6.54 Å². The Bertz CT molecular complexity index is 336. The van der Waals surface area contributed by atoms with Crippen molar-refractivity contribution in [3.05, 3.63) is 29.0 Å². The summed E-state index contributed by atoms with van der Waals surface area (Å²) in [5.41, 5.74) is 1.02. The van der Waals surface area contributed by atoms with Crippen molar-refractivity contribution < 1.29 is 0 Å². The van der Waals surface area contributed by atoms with Crippen molar-refractivity contribution >= 4 is 11.6 Å². The van der Waals surface area contributed by atoms with E-state index in [1.165, 1.54) is 19.3 Å². The van der Waals surface area contributed by atoms with E-state index in [9.17, 15) is 0 Å². The molecule has 0 saturated heterocycles. The Morgan fingerprint density at radius 1 is 1.56 bits per heavy atom. The van der Waals surface area contributed by atoms with Crippen LogP contribution >= 0.6 is 11.6 Å². The predicted octanol–water partition coefficient (Wildman–Crippen LogP) is 3.58. The maximum absolute atomic E-state index is 6.20. The number of hydrogen-bond donors (Lipinski definition) is 1. The molecule has 0 amide bonds. The van der Waals surface area contributed by atoms with Crippen molar-refractivity contribution in [1.82, 2.24) is 10.3 Å². The Labute approximate surface area is 102 Å². The minimum atomic E-state index is 0.334. The third-order valence-electron chi connectivity index (χ3n) is 3.02. The zero-order valence-corrected chi connectivity index (χ0v) is 10.5. The molecule has 16 heavy (non-hydrogen) atoms. The van der Waals surface area contributed by atoms with Crippen molar-refractivity contribution in [1.29, 1.82) is 0 Å². The minimum Gasteiger partial charge on any atom is -0.309 e. The highest BCUT2D eigenvalue weighted by Gasteiger charge is 2.27. The third-order valence-corrected chi connectivity index (χ3v) is 3.34. The van der Waals surface area contributed by atoms with E-state index in [1.807, 2.05) is 18.3 Å². The lowest BCUT2D eigenvalue weighted by Gasteiger charge is -2.18. The molecular weight excluding hydrogens is 220 g/mol. The molecule has 2 rings (SSSR count). The van der Waals surface area contributed by atoms with Crippen LogP contribution in [0.2, 0.25) is 5.02 Å². The number of pyridine rings is 1. The molecule has 1 unspecified atom stereocenters. The van der Waals surface area contributed by atoms with Crippen LogP contribution in [0.15, 0.2) is 18.3 Å². The van der Waals surface area contributed by atoms with Gasteiger partial charge in [-0.3, -0.25) is 4.98 Å². The van der Waals surface area contributed by atoms with Crippen LogP contribution in [0.1, 0.15) is 44.3 Å². The van der Waals surface area contributed by atoms with Crippen LogP contribution in [0.25, 0.3) is 0 Å². The van der Waals surface area contributed by atoms with Gasteiger partial charge in [-0.05, 0) is 37.4 Å². The van der Waals surface area contributed by atoms with Gasteiger partial charge in [-0.1, -0.05) is 31.4 Å². The number of hydrogen-bond acceptors (Lipinski definition) is 2. The molecule has 0 aromatic carbocycles. The van der Waals surface area contributed by atoms with Gasteiger partial charge in [0.05, 0.1) is 16.8 Å². The van der Waals surface area contributed by atoms with Crippen LogP contribution in [0, 0.1) is 5.92 Å². The topological polar surface area (TPSA) is 24.9 Å². The SMILES string of the molecule is CCCNC(CC1CC1)c1ncccc1Cl. The highest BCUT2D eigenvalue weighted by Crippen LogP contribution is 2.38. The second-order valence-electron chi connectivity index (χ2n) is 4.56. The van der Waals surface area contributed by atoms with Crippen LogP contribution in [-0.2, 0) is 0 Å². The van der Waals surface area contributed by atoms with Crippen LogP contribution in [0.3, 0.4) is 0 Å². The lowest BCUT2D eigenvalue weighted by molar-refractivity contribution is 0.465. The monoisotopic (exact) mass is 238 g/mol. The van der Waals surface area contributed by atoms with E-state index in [1.54, 1.807) is 0 Å². The Morgan fingerprint density at radius 3 is 3.00 bits per heavy atom. The lowest BCUT2D eigenvalue weighted by Crippen LogP contribution is -2.23. The third kappa shape index (κ3) is 3.19. The molecule has 1 fully saturated rings. The lowest BCUT2D eigenvalue weighted by atomic mass is 10.1. The molecule has 0 aliphatic heterocycles. The van der Waals surface area contributed by atoms with Gasteiger partial charge in [-0.25, -0.2) is 0 Å². The summed E-state index contributed by atoms with van der Waals surface area (Å²) in [6.45, 7) is 3.21. The van der Waals surface area contributed by atoms with E-state index >= 15 is 0 Å². The molecule has 1 aliphatic carbocycles. The molecule has 0 spiro atoms. The van der Waals surface area contributed by atoms with E-state index < -0.39 is 0 Å². The highest BCUT2D eigenvalue weighted by atomic mass is 35.5. The number of aromatic nitrogens is 1. The molecule has 1 aromatic rings. The van der Waals surface area contributed by atoms with Crippen LogP contribution in [0.5, 0.6) is 0 Å². The van der Waals surface area contributed by atoms with Crippen molar-refractivity contribution in [3.63, 3.8) is 0 Å². The standard InChI is InChI=1S/C13H19ClN2/c1-2-7-15-12(9-10-5-6-10)13-11(14)4-3-8-16-13/h3-4,8,10,12,15H,2,5-7,9H2,1H3. The maximum atomic E-state index is 6.20. The van der Waals surface area contributed by atoms with Gasteiger partial charge in [-0.2, -0.15) is 0 Å². The summed E-state index contributed by atoms with van der Waals surface area (Å²) in [4.78, 5) is 4.42. The van der Waals surface area contributed by atoms with E-state index in [0.29, 0.717) is 6.04 Å². The molecule has 1 heterocycles. The molecule has 0 radical (unpaired) electrons. The largest absolute Gasteiger partial charge is 0.309 e. The fourth-order valence-corrected chi connectivity index (χ4v) is 2.20. The van der Waals surface area contributed by atoms with Crippen molar-refractivity contribution in [2.24, 2.45) is 5.92 Å². The molecular formula is C13H19ClN2. The van der Waals surface area contributed by atoms with Crippen LogP contribution in [-0.4, -0.2) is 11.5 Å². The van der Waals surface area contributed by atoms with Gasteiger partial charge in [0.25, 0.3) is 0 Å². The molecule has 1 aromatic heterocycles. The Balaban J connectivity index is 2.06. The number of nitrogens with zero attached hydrogens (tertiary/aromatic N) is 1. The summed E-state index contributed by atoms with van der Waals surface area (Å²) in [6, 6.07) is 4.15. The number of rotatable bonds is 6. The van der Waals surface area contributed by atoms with Crippen LogP contribution < -0.4 is 5.32 Å². The molecule has 3 heteroatoms. The van der Waals surface area contributed by atoms with Crippen molar-refractivity contribution in [3.8, 4) is 0 Å². The Kier molecular flexibility index (Phi) is 4.19. The average Bonchev–Trinajstić information content (AvgIpc) is 3.09. The summed E-state index contributed by atoms with van der Waals surface area (Å²) in [5, 5.41) is 4.34. The Hall–Kier alpha value is -0.600. The summed E-state index contributed by atoms with van der Waals surface area (Å²) >= 11 is 6.20. The predicted molar refractivity (Wildman–Crippen MR) is 67.6 cm³/mol. The molecule has 1 saturated carbocycles. The van der Waals surface area contributed by atoms with Gasteiger partial charge in [0.15, 0.2) is 0 Å². The summed E-state index contributed by atoms with van der Waals surface area (Å²) in [5.74, 6) is 0.882. The van der Waals surface area contributed by atoms with Crippen molar-refractivity contribution in [2.45, 2.75) is 38.6 Å². The molecule has 1 atom stereocenters. The number of halogens is 1. The second-order valence-corrected chi connectivity index (χ2v) is 4.96. The van der Waals surface area contributed by atoms with E-state index in [4.69, 9.17) is 11.6 Å². The van der Waals surface area contributed by atoms with E-state index in [0.717, 1.165) is 29.6 Å². The minimum absolute atomic E-state index is 0.334.